The Morgan fingerprint density at radius 3 is 2.35 bits per heavy atom. The molecule has 2 aromatic rings. The zero-order chi connectivity index (χ0) is 17.0. The van der Waals surface area contributed by atoms with Gasteiger partial charge in [-0.2, -0.15) is 0 Å². The lowest BCUT2D eigenvalue weighted by Crippen LogP contribution is -2.10. The van der Waals surface area contributed by atoms with Gasteiger partial charge in [0.15, 0.2) is 0 Å². The summed E-state index contributed by atoms with van der Waals surface area (Å²) >= 11 is 6.06. The van der Waals surface area contributed by atoms with Crippen LogP contribution < -0.4 is 10.5 Å². The van der Waals surface area contributed by atoms with Crippen LogP contribution in [0.4, 0.5) is 0 Å². The molecule has 0 aliphatic heterocycles. The zero-order valence-electron chi connectivity index (χ0n) is 14.1. The van der Waals surface area contributed by atoms with E-state index in [1.807, 2.05) is 12.1 Å². The second-order valence-corrected chi connectivity index (χ2v) is 6.78. The first-order chi connectivity index (χ1) is 10.9. The molecule has 0 aliphatic rings. The Hall–Kier alpha value is -1.84. The average molecular weight is 331 g/mol. The molecule has 4 heteroatoms. The maximum Gasteiger partial charge on any atom is 0.232 e. The van der Waals surface area contributed by atoms with Crippen molar-refractivity contribution in [2.45, 2.75) is 26.2 Å². The lowest BCUT2D eigenvalue weighted by molar-refractivity contribution is 0.398. The van der Waals surface area contributed by atoms with Crippen LogP contribution in [0.3, 0.4) is 0 Å². The molecule has 0 amide bonds. The molecule has 2 N–H and O–H groups in total. The predicted octanol–water partition coefficient (Wildman–Crippen LogP) is 4.43. The third-order valence-corrected chi connectivity index (χ3v) is 3.95. The molecule has 2 rings (SSSR count). The summed E-state index contributed by atoms with van der Waals surface area (Å²) in [5, 5.41) is 0.492. The molecule has 1 aromatic carbocycles. The molecule has 0 saturated carbocycles. The zero-order valence-corrected chi connectivity index (χ0v) is 14.8. The summed E-state index contributed by atoms with van der Waals surface area (Å²) in [5.74, 6) is 0.415. The number of hydrogen-bond acceptors (Lipinski definition) is 3. The Labute approximate surface area is 143 Å². The summed E-state index contributed by atoms with van der Waals surface area (Å²) in [5.41, 5.74) is 9.99. The average Bonchev–Trinajstić information content (AvgIpc) is 2.53. The maximum absolute atomic E-state index is 6.06. The minimum absolute atomic E-state index is 0.123. The van der Waals surface area contributed by atoms with E-state index < -0.39 is 0 Å². The van der Waals surface area contributed by atoms with E-state index in [1.165, 1.54) is 5.56 Å². The van der Waals surface area contributed by atoms with Crippen molar-refractivity contribution in [1.82, 2.24) is 4.98 Å². The molecule has 0 fully saturated rings. The number of pyridine rings is 1. The highest BCUT2D eigenvalue weighted by molar-refractivity contribution is 6.31. The number of halogens is 1. The van der Waals surface area contributed by atoms with Gasteiger partial charge in [0.1, 0.15) is 5.02 Å². The second-order valence-electron chi connectivity index (χ2n) is 6.37. The number of aromatic nitrogens is 1. The van der Waals surface area contributed by atoms with Crippen LogP contribution in [-0.2, 0) is 5.41 Å². The fourth-order valence-corrected chi connectivity index (χ4v) is 2.54. The summed E-state index contributed by atoms with van der Waals surface area (Å²) in [6.45, 7) is 7.03. The van der Waals surface area contributed by atoms with Crippen molar-refractivity contribution in [3.8, 4) is 5.88 Å². The molecule has 0 saturated heterocycles. The van der Waals surface area contributed by atoms with Gasteiger partial charge in [0.05, 0.1) is 12.8 Å². The summed E-state index contributed by atoms with van der Waals surface area (Å²) in [7, 11) is 1.56. The van der Waals surface area contributed by atoms with Crippen molar-refractivity contribution in [3.05, 3.63) is 64.3 Å². The Kier molecular flexibility index (Phi) is 5.45. The van der Waals surface area contributed by atoms with Gasteiger partial charge in [-0.15, -0.1) is 0 Å². The molecule has 0 atom stereocenters. The van der Waals surface area contributed by atoms with Gasteiger partial charge in [0.2, 0.25) is 5.88 Å². The molecule has 0 bridgehead atoms. The van der Waals surface area contributed by atoms with E-state index >= 15 is 0 Å². The van der Waals surface area contributed by atoms with Crippen LogP contribution in [0.5, 0.6) is 5.88 Å². The Bertz CT molecular complexity index is 700. The lowest BCUT2D eigenvalue weighted by Gasteiger charge is -2.19. The standard InChI is InChI=1S/C19H23ClN2O/c1-19(2,3)14-7-5-13(6-8-14)15(11-12-21)17-10-9-16(20)18(22-17)23-4/h5-11H,12,21H2,1-4H3. The number of nitrogens with zero attached hydrogens (tertiary/aromatic N) is 1. The maximum atomic E-state index is 6.06. The van der Waals surface area contributed by atoms with Crippen LogP contribution in [0.1, 0.15) is 37.6 Å². The molecule has 1 heterocycles. The first-order valence-electron chi connectivity index (χ1n) is 7.59. The largest absolute Gasteiger partial charge is 0.480 e. The van der Waals surface area contributed by atoms with Gasteiger partial charge in [-0.25, -0.2) is 4.98 Å². The number of rotatable bonds is 4. The topological polar surface area (TPSA) is 48.1 Å². The van der Waals surface area contributed by atoms with E-state index in [9.17, 15) is 0 Å². The Balaban J connectivity index is 2.45. The van der Waals surface area contributed by atoms with Crippen LogP contribution in [-0.4, -0.2) is 18.6 Å². The normalized spacial score (nSPS) is 12.3. The van der Waals surface area contributed by atoms with E-state index in [0.717, 1.165) is 16.8 Å². The smallest absolute Gasteiger partial charge is 0.232 e. The summed E-state index contributed by atoms with van der Waals surface area (Å²) in [6, 6.07) is 12.2. The van der Waals surface area contributed by atoms with E-state index in [2.05, 4.69) is 50.0 Å². The highest BCUT2D eigenvalue weighted by Gasteiger charge is 2.15. The van der Waals surface area contributed by atoms with Crippen molar-refractivity contribution in [2.75, 3.05) is 13.7 Å². The van der Waals surface area contributed by atoms with Crippen LogP contribution in [0.15, 0.2) is 42.5 Å². The number of ether oxygens (including phenoxy) is 1. The summed E-state index contributed by atoms with van der Waals surface area (Å²) in [6.07, 6.45) is 1.96. The molecule has 1 aromatic heterocycles. The van der Waals surface area contributed by atoms with E-state index in [0.29, 0.717) is 17.4 Å². The van der Waals surface area contributed by atoms with E-state index in [-0.39, 0.29) is 5.41 Å². The highest BCUT2D eigenvalue weighted by atomic mass is 35.5. The number of nitrogens with two attached hydrogens (primary N) is 1. The van der Waals surface area contributed by atoms with Gasteiger partial charge in [0.25, 0.3) is 0 Å². The Morgan fingerprint density at radius 2 is 1.83 bits per heavy atom. The van der Waals surface area contributed by atoms with Crippen LogP contribution in [0.2, 0.25) is 5.02 Å². The van der Waals surface area contributed by atoms with Crippen molar-refractivity contribution in [2.24, 2.45) is 5.73 Å². The SMILES string of the molecule is COc1nc(C(=CCN)c2ccc(C(C)(C)C)cc2)ccc1Cl. The molecular weight excluding hydrogens is 308 g/mol. The molecule has 0 aliphatic carbocycles. The number of methoxy groups -OCH3 is 1. The van der Waals surface area contributed by atoms with Gasteiger partial charge < -0.3 is 10.5 Å². The lowest BCUT2D eigenvalue weighted by atomic mass is 9.86. The molecule has 0 spiro atoms. The molecule has 0 unspecified atom stereocenters. The fraction of sp³-hybridized carbons (Fsp3) is 0.316. The minimum Gasteiger partial charge on any atom is -0.480 e. The predicted molar refractivity (Wildman–Crippen MR) is 97.1 cm³/mol. The molecular formula is C19H23ClN2O. The third kappa shape index (κ3) is 4.12. The van der Waals surface area contributed by atoms with Gasteiger partial charge in [0, 0.05) is 12.1 Å². The van der Waals surface area contributed by atoms with Crippen LogP contribution in [0.25, 0.3) is 5.57 Å². The molecule has 122 valence electrons. The van der Waals surface area contributed by atoms with E-state index in [1.54, 1.807) is 13.2 Å². The second kappa shape index (κ2) is 7.16. The summed E-state index contributed by atoms with van der Waals surface area (Å²) in [4.78, 5) is 4.48. The van der Waals surface area contributed by atoms with Gasteiger partial charge in [-0.1, -0.05) is 62.7 Å². The number of hydrogen-bond donors (Lipinski definition) is 1. The van der Waals surface area contributed by atoms with E-state index in [4.69, 9.17) is 22.1 Å². The molecule has 0 radical (unpaired) electrons. The minimum atomic E-state index is 0.123. The summed E-state index contributed by atoms with van der Waals surface area (Å²) < 4.78 is 5.21. The van der Waals surface area contributed by atoms with Crippen LogP contribution in [0, 0.1) is 0 Å². The monoisotopic (exact) mass is 330 g/mol. The van der Waals surface area contributed by atoms with Crippen molar-refractivity contribution < 1.29 is 4.74 Å². The third-order valence-electron chi connectivity index (χ3n) is 3.67. The van der Waals surface area contributed by atoms with Crippen LogP contribution >= 0.6 is 11.6 Å². The Morgan fingerprint density at radius 1 is 1.17 bits per heavy atom. The number of benzene rings is 1. The molecule has 23 heavy (non-hydrogen) atoms. The molecule has 3 nitrogen and oxygen atoms in total. The van der Waals surface area contributed by atoms with Gasteiger partial charge in [-0.05, 0) is 28.7 Å². The van der Waals surface area contributed by atoms with Gasteiger partial charge in [-0.3, -0.25) is 0 Å². The van der Waals surface area contributed by atoms with Crippen molar-refractivity contribution in [1.29, 1.82) is 0 Å². The highest BCUT2D eigenvalue weighted by Crippen LogP contribution is 2.29. The first-order valence-corrected chi connectivity index (χ1v) is 7.96. The van der Waals surface area contributed by atoms with Crippen molar-refractivity contribution >= 4 is 17.2 Å². The van der Waals surface area contributed by atoms with Crippen molar-refractivity contribution in [3.63, 3.8) is 0 Å². The van der Waals surface area contributed by atoms with Gasteiger partial charge >= 0.3 is 0 Å². The first kappa shape index (κ1) is 17.5. The quantitative estimate of drug-likeness (QED) is 0.902. The fourth-order valence-electron chi connectivity index (χ4n) is 2.35.